The molecule has 2 saturated heterocycles. The topological polar surface area (TPSA) is 36.0 Å². The Morgan fingerprint density at radius 3 is 2.48 bits per heavy atom. The quantitative estimate of drug-likeness (QED) is 0.776. The van der Waals surface area contributed by atoms with Gasteiger partial charge < -0.3 is 14.5 Å². The smallest absolute Gasteiger partial charge is 0.409 e. The molecule has 2 heterocycles. The van der Waals surface area contributed by atoms with E-state index in [1.807, 2.05) is 4.90 Å². The Kier molecular flexibility index (Phi) is 6.30. The van der Waals surface area contributed by atoms with Crippen LogP contribution < -0.4 is 0 Å². The molecule has 21 heavy (non-hydrogen) atoms. The number of carbonyl (C=O) groups excluding carboxylic acids is 1. The molecule has 0 bridgehead atoms. The Morgan fingerprint density at radius 2 is 1.90 bits per heavy atom. The van der Waals surface area contributed by atoms with Gasteiger partial charge in [-0.25, -0.2) is 4.79 Å². The average Bonchev–Trinajstić information content (AvgIpc) is 2.88. The van der Waals surface area contributed by atoms with E-state index in [0.717, 1.165) is 38.8 Å². The minimum absolute atomic E-state index is 0.140. The highest BCUT2D eigenvalue weighted by Crippen LogP contribution is 2.18. The van der Waals surface area contributed by atoms with Crippen LogP contribution in [0.2, 0.25) is 0 Å². The van der Waals surface area contributed by atoms with Crippen LogP contribution in [-0.4, -0.2) is 79.8 Å². The molecule has 0 aliphatic carbocycles. The Bertz CT molecular complexity index is 327. The molecule has 2 aliphatic rings. The standard InChI is InChI=1S/C16H31N3O2/c1-14(2)13-21-16(20)19-11-9-18(10-12-19)8-6-15-5-4-7-17(15)3/h14-15H,4-13H2,1-3H3. The van der Waals surface area contributed by atoms with Crippen LogP contribution in [0.5, 0.6) is 0 Å². The van der Waals surface area contributed by atoms with Crippen LogP contribution in [0.25, 0.3) is 0 Å². The van der Waals surface area contributed by atoms with Crippen molar-refractivity contribution in [2.24, 2.45) is 5.92 Å². The first-order valence-corrected chi connectivity index (χ1v) is 8.40. The van der Waals surface area contributed by atoms with Gasteiger partial charge in [0.1, 0.15) is 0 Å². The van der Waals surface area contributed by atoms with Crippen LogP contribution in [0, 0.1) is 5.92 Å². The number of hydrogen-bond donors (Lipinski definition) is 0. The molecule has 0 saturated carbocycles. The Labute approximate surface area is 129 Å². The molecule has 0 radical (unpaired) electrons. The van der Waals surface area contributed by atoms with Crippen LogP contribution in [0.4, 0.5) is 4.79 Å². The summed E-state index contributed by atoms with van der Waals surface area (Å²) in [5.41, 5.74) is 0. The van der Waals surface area contributed by atoms with Crippen molar-refractivity contribution in [3.05, 3.63) is 0 Å². The Balaban J connectivity index is 1.62. The summed E-state index contributed by atoms with van der Waals surface area (Å²) in [6, 6.07) is 0.763. The van der Waals surface area contributed by atoms with E-state index >= 15 is 0 Å². The van der Waals surface area contributed by atoms with Crippen LogP contribution >= 0.6 is 0 Å². The number of hydrogen-bond acceptors (Lipinski definition) is 4. The summed E-state index contributed by atoms with van der Waals surface area (Å²) in [4.78, 5) is 18.7. The Morgan fingerprint density at radius 1 is 1.19 bits per heavy atom. The number of rotatable bonds is 5. The van der Waals surface area contributed by atoms with E-state index < -0.39 is 0 Å². The van der Waals surface area contributed by atoms with E-state index in [4.69, 9.17) is 4.74 Å². The molecule has 0 aromatic carbocycles. The first-order valence-electron chi connectivity index (χ1n) is 8.40. The zero-order valence-electron chi connectivity index (χ0n) is 13.9. The lowest BCUT2D eigenvalue weighted by Gasteiger charge is -2.35. The second-order valence-corrected chi connectivity index (χ2v) is 6.86. The van der Waals surface area contributed by atoms with E-state index in [1.54, 1.807) is 0 Å². The molecule has 0 aromatic heterocycles. The average molecular weight is 297 g/mol. The fourth-order valence-corrected chi connectivity index (χ4v) is 3.16. The zero-order valence-corrected chi connectivity index (χ0v) is 13.9. The monoisotopic (exact) mass is 297 g/mol. The number of piperazine rings is 1. The summed E-state index contributed by atoms with van der Waals surface area (Å²) in [6.45, 7) is 10.6. The zero-order chi connectivity index (χ0) is 15.2. The van der Waals surface area contributed by atoms with Crippen molar-refractivity contribution in [3.63, 3.8) is 0 Å². The minimum atomic E-state index is -0.140. The third kappa shape index (κ3) is 5.15. The highest BCUT2D eigenvalue weighted by atomic mass is 16.6. The first kappa shape index (κ1) is 16.6. The van der Waals surface area contributed by atoms with E-state index in [-0.39, 0.29) is 6.09 Å². The van der Waals surface area contributed by atoms with Crippen molar-refractivity contribution in [2.75, 3.05) is 52.9 Å². The third-order valence-corrected chi connectivity index (χ3v) is 4.62. The van der Waals surface area contributed by atoms with E-state index in [2.05, 4.69) is 30.7 Å². The molecule has 0 N–H and O–H groups in total. The number of amides is 1. The lowest BCUT2D eigenvalue weighted by molar-refractivity contribution is 0.0674. The van der Waals surface area contributed by atoms with Crippen molar-refractivity contribution < 1.29 is 9.53 Å². The number of carbonyl (C=O) groups is 1. The largest absolute Gasteiger partial charge is 0.449 e. The summed E-state index contributed by atoms with van der Waals surface area (Å²) in [5, 5.41) is 0. The summed E-state index contributed by atoms with van der Waals surface area (Å²) in [7, 11) is 2.24. The van der Waals surface area contributed by atoms with Crippen molar-refractivity contribution in [1.82, 2.24) is 14.7 Å². The molecular formula is C16H31N3O2. The highest BCUT2D eigenvalue weighted by molar-refractivity contribution is 5.67. The molecule has 5 nitrogen and oxygen atoms in total. The van der Waals surface area contributed by atoms with Gasteiger partial charge in [0, 0.05) is 32.2 Å². The molecule has 2 aliphatic heterocycles. The van der Waals surface area contributed by atoms with Gasteiger partial charge in [-0.1, -0.05) is 13.8 Å². The summed E-state index contributed by atoms with van der Waals surface area (Å²) in [6.07, 6.45) is 3.81. The summed E-state index contributed by atoms with van der Waals surface area (Å²) < 4.78 is 5.30. The minimum Gasteiger partial charge on any atom is -0.449 e. The van der Waals surface area contributed by atoms with Crippen molar-refractivity contribution in [1.29, 1.82) is 0 Å². The number of likely N-dealkylation sites (tertiary alicyclic amines) is 1. The third-order valence-electron chi connectivity index (χ3n) is 4.62. The second-order valence-electron chi connectivity index (χ2n) is 6.86. The highest BCUT2D eigenvalue weighted by Gasteiger charge is 2.25. The Hall–Kier alpha value is -0.810. The molecule has 122 valence electrons. The maximum absolute atomic E-state index is 11.9. The van der Waals surface area contributed by atoms with E-state index in [9.17, 15) is 4.79 Å². The van der Waals surface area contributed by atoms with Gasteiger partial charge in [-0.15, -0.1) is 0 Å². The van der Waals surface area contributed by atoms with Crippen LogP contribution in [0.3, 0.4) is 0 Å². The first-order chi connectivity index (χ1) is 10.1. The molecule has 0 aromatic rings. The van der Waals surface area contributed by atoms with Crippen molar-refractivity contribution >= 4 is 6.09 Å². The number of ether oxygens (including phenoxy) is 1. The predicted octanol–water partition coefficient (Wildman–Crippen LogP) is 1.88. The molecule has 1 unspecified atom stereocenters. The lowest BCUT2D eigenvalue weighted by atomic mass is 10.1. The molecule has 1 atom stereocenters. The van der Waals surface area contributed by atoms with Gasteiger partial charge in [0.2, 0.25) is 0 Å². The summed E-state index contributed by atoms with van der Waals surface area (Å²) in [5.74, 6) is 0.402. The molecule has 5 heteroatoms. The maximum Gasteiger partial charge on any atom is 0.409 e. The van der Waals surface area contributed by atoms with Crippen LogP contribution in [-0.2, 0) is 4.74 Å². The van der Waals surface area contributed by atoms with Gasteiger partial charge in [0.15, 0.2) is 0 Å². The number of nitrogens with zero attached hydrogens (tertiary/aromatic N) is 3. The van der Waals surface area contributed by atoms with Crippen molar-refractivity contribution in [3.8, 4) is 0 Å². The predicted molar refractivity (Wildman–Crippen MR) is 84.5 cm³/mol. The maximum atomic E-state index is 11.9. The van der Waals surface area contributed by atoms with Gasteiger partial charge in [0.05, 0.1) is 6.61 Å². The SMILES string of the molecule is CC(C)COC(=O)N1CCN(CCC2CCCN2C)CC1. The van der Waals surface area contributed by atoms with E-state index in [1.165, 1.54) is 25.8 Å². The van der Waals surface area contributed by atoms with Crippen LogP contribution in [0.15, 0.2) is 0 Å². The fraction of sp³-hybridized carbons (Fsp3) is 0.938. The molecule has 2 fully saturated rings. The molecule has 0 spiro atoms. The van der Waals surface area contributed by atoms with E-state index in [0.29, 0.717) is 12.5 Å². The normalized spacial score (nSPS) is 24.8. The fourth-order valence-electron chi connectivity index (χ4n) is 3.16. The van der Waals surface area contributed by atoms with Gasteiger partial charge in [-0.05, 0) is 45.3 Å². The van der Waals surface area contributed by atoms with Gasteiger partial charge >= 0.3 is 6.09 Å². The van der Waals surface area contributed by atoms with Gasteiger partial charge in [-0.3, -0.25) is 4.90 Å². The van der Waals surface area contributed by atoms with Crippen LogP contribution in [0.1, 0.15) is 33.1 Å². The van der Waals surface area contributed by atoms with Gasteiger partial charge in [-0.2, -0.15) is 0 Å². The van der Waals surface area contributed by atoms with Gasteiger partial charge in [0.25, 0.3) is 0 Å². The molecular weight excluding hydrogens is 266 g/mol. The molecule has 1 amide bonds. The van der Waals surface area contributed by atoms with Crippen molar-refractivity contribution in [2.45, 2.75) is 39.2 Å². The molecule has 2 rings (SSSR count). The summed E-state index contributed by atoms with van der Waals surface area (Å²) >= 11 is 0. The lowest BCUT2D eigenvalue weighted by Crippen LogP contribution is -2.49. The second kappa shape index (κ2) is 7.99.